The van der Waals surface area contributed by atoms with Gasteiger partial charge < -0.3 is 9.84 Å². The number of carbonyl (C=O) groups excluding carboxylic acids is 3. The van der Waals surface area contributed by atoms with Crippen molar-refractivity contribution < 1.29 is 24.2 Å². The molecule has 1 unspecified atom stereocenters. The molecule has 1 N–H and O–H groups in total. The summed E-state index contributed by atoms with van der Waals surface area (Å²) in [5, 5.41) is 13.0. The van der Waals surface area contributed by atoms with Crippen molar-refractivity contribution >= 4 is 34.9 Å². The van der Waals surface area contributed by atoms with E-state index in [9.17, 15) is 19.5 Å². The summed E-state index contributed by atoms with van der Waals surface area (Å²) in [6, 6.07) is 0. The summed E-state index contributed by atoms with van der Waals surface area (Å²) in [6.07, 6.45) is 7.66. The molecule has 4 aliphatic carbocycles. The maximum absolute atomic E-state index is 13.5. The molecule has 0 aliphatic heterocycles. The van der Waals surface area contributed by atoms with Crippen LogP contribution in [0.25, 0.3) is 0 Å². The van der Waals surface area contributed by atoms with Crippen molar-refractivity contribution in [3.05, 3.63) is 23.8 Å². The first-order chi connectivity index (χ1) is 14.1. The summed E-state index contributed by atoms with van der Waals surface area (Å²) in [5.41, 5.74) is -1.76. The predicted molar refractivity (Wildman–Crippen MR) is 116 cm³/mol. The fourth-order valence-corrected chi connectivity index (χ4v) is 6.94. The molecule has 0 spiro atoms. The summed E-state index contributed by atoms with van der Waals surface area (Å²) in [6.45, 7) is 5.53. The molecule has 5 nitrogen and oxygen atoms in total. The highest BCUT2D eigenvalue weighted by molar-refractivity contribution is 7.79. The summed E-state index contributed by atoms with van der Waals surface area (Å²) in [5.74, 6) is -0.301. The molecule has 6 heteroatoms. The Labute approximate surface area is 182 Å². The van der Waals surface area contributed by atoms with Crippen molar-refractivity contribution in [1.29, 1.82) is 0 Å². The molecular weight excluding hydrogens is 400 g/mol. The van der Waals surface area contributed by atoms with Gasteiger partial charge in [0, 0.05) is 28.5 Å². The Morgan fingerprint density at radius 1 is 1.37 bits per heavy atom. The number of thiocarbonyl (C=S) groups is 1. The molecule has 7 atom stereocenters. The molecule has 0 aromatic carbocycles. The number of ketones is 3. The van der Waals surface area contributed by atoms with Crippen LogP contribution in [0, 0.1) is 28.6 Å². The average Bonchev–Trinajstić information content (AvgIpc) is 2.97. The first-order valence-corrected chi connectivity index (χ1v) is 11.3. The standard InChI is InChI=1S/C24H30O5S/c1-14(13-30)29-12-20(27)24(28)9-7-18-17-5-4-15-10-16(25)6-8-22(15,2)21(17)19(26)11-23(18,24)3/h6,8,10,13-14,17-18,21,28H,4-5,7,9,11-12H2,1-3H3/t14?,17-,18-,21+,22-,23-,24-/m0/s1. The van der Waals surface area contributed by atoms with E-state index in [1.54, 1.807) is 19.1 Å². The number of hydrogen-bond donors (Lipinski definition) is 1. The largest absolute Gasteiger partial charge is 0.381 e. The first-order valence-electron chi connectivity index (χ1n) is 10.9. The van der Waals surface area contributed by atoms with Crippen LogP contribution in [0.1, 0.15) is 52.9 Å². The fraction of sp³-hybridized carbons (Fsp3) is 0.667. The predicted octanol–water partition coefficient (Wildman–Crippen LogP) is 3.18. The number of allylic oxidation sites excluding steroid dienone is 4. The molecule has 162 valence electrons. The van der Waals surface area contributed by atoms with E-state index in [2.05, 4.69) is 6.92 Å². The maximum Gasteiger partial charge on any atom is 0.190 e. The van der Waals surface area contributed by atoms with Gasteiger partial charge in [-0.2, -0.15) is 0 Å². The van der Waals surface area contributed by atoms with Crippen molar-refractivity contribution in [2.45, 2.75) is 64.6 Å². The number of fused-ring (bicyclic) bond motifs is 5. The Balaban J connectivity index is 1.64. The van der Waals surface area contributed by atoms with Gasteiger partial charge in [-0.15, -0.1) is 0 Å². The van der Waals surface area contributed by atoms with Crippen LogP contribution in [0.5, 0.6) is 0 Å². The number of ether oxygens (including phenoxy) is 1. The Kier molecular flexibility index (Phi) is 5.27. The molecule has 3 saturated carbocycles. The van der Waals surface area contributed by atoms with E-state index >= 15 is 0 Å². The van der Waals surface area contributed by atoms with E-state index < -0.39 is 16.4 Å². The molecule has 0 bridgehead atoms. The third kappa shape index (κ3) is 2.94. The topological polar surface area (TPSA) is 80.7 Å². The Bertz CT molecular complexity index is 875. The molecule has 0 aromatic heterocycles. The maximum atomic E-state index is 13.5. The van der Waals surface area contributed by atoms with Crippen molar-refractivity contribution in [2.75, 3.05) is 6.61 Å². The van der Waals surface area contributed by atoms with Crippen molar-refractivity contribution in [3.8, 4) is 0 Å². The zero-order valence-corrected chi connectivity index (χ0v) is 18.7. The third-order valence-electron chi connectivity index (χ3n) is 8.54. The van der Waals surface area contributed by atoms with Crippen LogP contribution in [0.2, 0.25) is 0 Å². The number of aliphatic hydroxyl groups is 1. The number of carbonyl (C=O) groups is 3. The highest BCUT2D eigenvalue weighted by Gasteiger charge is 2.68. The highest BCUT2D eigenvalue weighted by Crippen LogP contribution is 2.66. The Hall–Kier alpha value is -1.50. The molecule has 0 aromatic rings. The second-order valence-electron chi connectivity index (χ2n) is 10.0. The lowest BCUT2D eigenvalue weighted by molar-refractivity contribution is -0.170. The van der Waals surface area contributed by atoms with Gasteiger partial charge >= 0.3 is 0 Å². The van der Waals surface area contributed by atoms with E-state index in [1.807, 2.05) is 13.0 Å². The van der Waals surface area contributed by atoms with Crippen LogP contribution in [0.3, 0.4) is 0 Å². The smallest absolute Gasteiger partial charge is 0.190 e. The number of Topliss-reactive ketones (excluding diaryl/α,β-unsaturated/α-hetero) is 2. The lowest BCUT2D eigenvalue weighted by Gasteiger charge is -2.56. The monoisotopic (exact) mass is 430 g/mol. The summed E-state index contributed by atoms with van der Waals surface area (Å²) < 4.78 is 5.48. The minimum atomic E-state index is -1.56. The molecule has 0 saturated heterocycles. The SMILES string of the molecule is CC(C=S)OCC(=O)[C@@]1(O)CC[C@H]2[C@@H]3CCC4=CC(=O)C=C[C@]4(C)[C@H]3C(=O)C[C@@]21C. The second kappa shape index (κ2) is 7.28. The van der Waals surface area contributed by atoms with E-state index in [0.29, 0.717) is 12.8 Å². The summed E-state index contributed by atoms with van der Waals surface area (Å²) >= 11 is 4.85. The zero-order chi connectivity index (χ0) is 21.9. The normalized spacial score (nSPS) is 43.3. The molecular formula is C24H30O5S. The van der Waals surface area contributed by atoms with Gasteiger partial charge in [-0.3, -0.25) is 14.4 Å². The van der Waals surface area contributed by atoms with E-state index in [4.69, 9.17) is 17.0 Å². The minimum Gasteiger partial charge on any atom is -0.381 e. The first kappa shape index (κ1) is 21.7. The minimum absolute atomic E-state index is 0.0135. The van der Waals surface area contributed by atoms with Crippen LogP contribution in [-0.4, -0.2) is 46.1 Å². The molecule has 30 heavy (non-hydrogen) atoms. The Morgan fingerprint density at radius 2 is 2.10 bits per heavy atom. The quantitative estimate of drug-likeness (QED) is 0.675. The second-order valence-corrected chi connectivity index (χ2v) is 10.3. The van der Waals surface area contributed by atoms with Crippen LogP contribution in [-0.2, 0) is 19.1 Å². The third-order valence-corrected chi connectivity index (χ3v) is 8.92. The van der Waals surface area contributed by atoms with Crippen molar-refractivity contribution in [2.24, 2.45) is 28.6 Å². The van der Waals surface area contributed by atoms with Crippen molar-refractivity contribution in [1.82, 2.24) is 0 Å². The van der Waals surface area contributed by atoms with Gasteiger partial charge in [0.05, 0.1) is 6.10 Å². The van der Waals surface area contributed by atoms with Crippen LogP contribution in [0.15, 0.2) is 23.8 Å². The lowest BCUT2D eigenvalue weighted by atomic mass is 9.46. The highest BCUT2D eigenvalue weighted by atomic mass is 32.1. The van der Waals surface area contributed by atoms with Gasteiger partial charge in [-0.25, -0.2) is 0 Å². The van der Waals surface area contributed by atoms with Gasteiger partial charge in [0.1, 0.15) is 18.0 Å². The number of rotatable bonds is 5. The van der Waals surface area contributed by atoms with Crippen molar-refractivity contribution in [3.63, 3.8) is 0 Å². The van der Waals surface area contributed by atoms with Crippen LogP contribution in [0.4, 0.5) is 0 Å². The summed E-state index contributed by atoms with van der Waals surface area (Å²) in [7, 11) is 0. The molecule has 0 heterocycles. The van der Waals surface area contributed by atoms with Crippen LogP contribution >= 0.6 is 12.2 Å². The number of hydrogen-bond acceptors (Lipinski definition) is 6. The fourth-order valence-electron chi connectivity index (χ4n) is 6.86. The molecule has 3 fully saturated rings. The van der Waals surface area contributed by atoms with E-state index in [1.165, 1.54) is 5.37 Å². The van der Waals surface area contributed by atoms with Gasteiger partial charge in [0.25, 0.3) is 0 Å². The zero-order valence-electron chi connectivity index (χ0n) is 17.8. The van der Waals surface area contributed by atoms with Gasteiger partial charge in [0.15, 0.2) is 11.6 Å². The summed E-state index contributed by atoms with van der Waals surface area (Å²) in [4.78, 5) is 38.5. The van der Waals surface area contributed by atoms with Gasteiger partial charge in [-0.05, 0) is 56.6 Å². The molecule has 4 aliphatic rings. The molecule has 0 radical (unpaired) electrons. The van der Waals surface area contributed by atoms with E-state index in [0.717, 1.165) is 18.4 Å². The van der Waals surface area contributed by atoms with Gasteiger partial charge in [-0.1, -0.05) is 37.7 Å². The van der Waals surface area contributed by atoms with Crippen LogP contribution < -0.4 is 0 Å². The van der Waals surface area contributed by atoms with Gasteiger partial charge in [0.2, 0.25) is 0 Å². The van der Waals surface area contributed by atoms with E-state index in [-0.39, 0.29) is 54.2 Å². The Morgan fingerprint density at radius 3 is 2.80 bits per heavy atom. The molecule has 0 amide bonds. The average molecular weight is 431 g/mol. The molecule has 4 rings (SSSR count). The lowest BCUT2D eigenvalue weighted by Crippen LogP contribution is -2.60.